The lowest BCUT2D eigenvalue weighted by Crippen LogP contribution is -2.24. The molecule has 4 rings (SSSR count). The molecule has 0 aliphatic heterocycles. The van der Waals surface area contributed by atoms with Gasteiger partial charge in [-0.2, -0.15) is 18.4 Å². The van der Waals surface area contributed by atoms with E-state index in [-0.39, 0.29) is 11.8 Å². The SMILES string of the molecule is CC(C)c1cc(C(C)C)c(S(=O)(=O)N/N=C(\C#Cc2cccs2)c2ccc3ccccc3c2)c(C(C)C)c1. The van der Waals surface area contributed by atoms with Crippen molar-refractivity contribution in [1.82, 2.24) is 4.83 Å². The molecule has 4 aromatic rings. The van der Waals surface area contributed by atoms with Gasteiger partial charge in [-0.15, -0.1) is 11.3 Å². The zero-order valence-electron chi connectivity index (χ0n) is 22.7. The second-order valence-electron chi connectivity index (χ2n) is 10.3. The predicted molar refractivity (Wildman–Crippen MR) is 161 cm³/mol. The van der Waals surface area contributed by atoms with Crippen molar-refractivity contribution in [2.45, 2.75) is 64.2 Å². The zero-order valence-corrected chi connectivity index (χ0v) is 24.4. The predicted octanol–water partition coefficient (Wildman–Crippen LogP) is 8.01. The maximum absolute atomic E-state index is 13.9. The second-order valence-corrected chi connectivity index (χ2v) is 12.9. The molecule has 0 atom stereocenters. The minimum Gasteiger partial charge on any atom is -0.200 e. The lowest BCUT2D eigenvalue weighted by atomic mass is 9.89. The molecule has 4 nitrogen and oxygen atoms in total. The van der Waals surface area contributed by atoms with Crippen LogP contribution in [0, 0.1) is 11.8 Å². The van der Waals surface area contributed by atoms with E-state index in [9.17, 15) is 8.42 Å². The van der Waals surface area contributed by atoms with E-state index in [1.165, 1.54) is 11.3 Å². The minimum atomic E-state index is -3.97. The lowest BCUT2D eigenvalue weighted by molar-refractivity contribution is 0.579. The molecule has 0 aliphatic rings. The summed E-state index contributed by atoms with van der Waals surface area (Å²) in [5, 5.41) is 8.50. The molecular formula is C32H34N2O2S2. The average Bonchev–Trinajstić information content (AvgIpc) is 3.41. The van der Waals surface area contributed by atoms with Gasteiger partial charge in [-0.1, -0.05) is 96.1 Å². The zero-order chi connectivity index (χ0) is 27.4. The highest BCUT2D eigenvalue weighted by atomic mass is 32.2. The Labute approximate surface area is 230 Å². The van der Waals surface area contributed by atoms with E-state index in [0.29, 0.717) is 16.5 Å². The highest BCUT2D eigenvalue weighted by Gasteiger charge is 2.27. The first kappa shape index (κ1) is 27.6. The first-order valence-corrected chi connectivity index (χ1v) is 15.2. The Morgan fingerprint density at radius 3 is 2.05 bits per heavy atom. The van der Waals surface area contributed by atoms with Crippen molar-refractivity contribution in [1.29, 1.82) is 0 Å². The smallest absolute Gasteiger partial charge is 0.200 e. The van der Waals surface area contributed by atoms with Crippen LogP contribution in [0.15, 0.2) is 82.1 Å². The molecule has 196 valence electrons. The van der Waals surface area contributed by atoms with Gasteiger partial charge in [0.2, 0.25) is 0 Å². The van der Waals surface area contributed by atoms with Crippen LogP contribution in [0.4, 0.5) is 0 Å². The highest BCUT2D eigenvalue weighted by molar-refractivity contribution is 7.89. The molecule has 0 saturated heterocycles. The van der Waals surface area contributed by atoms with Crippen molar-refractivity contribution >= 4 is 37.8 Å². The van der Waals surface area contributed by atoms with Gasteiger partial charge in [0.1, 0.15) is 5.71 Å². The molecule has 0 saturated carbocycles. The Morgan fingerprint density at radius 2 is 1.47 bits per heavy atom. The number of hydrogen-bond acceptors (Lipinski definition) is 4. The van der Waals surface area contributed by atoms with Crippen LogP contribution < -0.4 is 4.83 Å². The molecule has 3 aromatic carbocycles. The van der Waals surface area contributed by atoms with E-state index < -0.39 is 10.0 Å². The fraction of sp³-hybridized carbons (Fsp3) is 0.281. The van der Waals surface area contributed by atoms with E-state index in [1.807, 2.05) is 99.8 Å². The number of hydrogen-bond donors (Lipinski definition) is 1. The van der Waals surface area contributed by atoms with Crippen LogP contribution in [0.25, 0.3) is 10.8 Å². The first-order chi connectivity index (χ1) is 18.1. The summed E-state index contributed by atoms with van der Waals surface area (Å²) in [4.78, 5) is 3.76. The monoisotopic (exact) mass is 542 g/mol. The van der Waals surface area contributed by atoms with Gasteiger partial charge >= 0.3 is 0 Å². The summed E-state index contributed by atoms with van der Waals surface area (Å²) in [5.41, 5.74) is 3.86. The van der Waals surface area contributed by atoms with Crippen LogP contribution in [-0.2, 0) is 10.0 Å². The lowest BCUT2D eigenvalue weighted by Gasteiger charge is -2.22. The van der Waals surface area contributed by atoms with Gasteiger partial charge in [0.25, 0.3) is 10.0 Å². The summed E-state index contributed by atoms with van der Waals surface area (Å²) in [7, 11) is -3.97. The number of hydrazone groups is 1. The molecule has 6 heteroatoms. The van der Waals surface area contributed by atoms with Gasteiger partial charge in [0.05, 0.1) is 9.77 Å². The summed E-state index contributed by atoms with van der Waals surface area (Å²) in [6, 6.07) is 21.9. The van der Waals surface area contributed by atoms with Crippen molar-refractivity contribution < 1.29 is 8.42 Å². The van der Waals surface area contributed by atoms with Crippen molar-refractivity contribution in [3.05, 3.63) is 99.2 Å². The standard InChI is InChI=1S/C32H34N2O2S2/c1-21(2)27-19-29(22(3)4)32(30(20-27)23(5)6)38(35,36)34-33-31(16-15-28-12-9-17-37-28)26-14-13-24-10-7-8-11-25(24)18-26/h7-14,17-23,34H,1-6H3/b33-31+. The molecule has 0 aliphatic carbocycles. The van der Waals surface area contributed by atoms with Gasteiger partial charge in [-0.05, 0) is 74.6 Å². The van der Waals surface area contributed by atoms with E-state index in [4.69, 9.17) is 0 Å². The van der Waals surface area contributed by atoms with Crippen LogP contribution in [-0.4, -0.2) is 14.1 Å². The first-order valence-electron chi connectivity index (χ1n) is 12.9. The number of sulfonamides is 1. The Hall–Kier alpha value is -3.40. The maximum Gasteiger partial charge on any atom is 0.277 e. The molecule has 0 spiro atoms. The third kappa shape index (κ3) is 6.18. The highest BCUT2D eigenvalue weighted by Crippen LogP contribution is 2.35. The van der Waals surface area contributed by atoms with E-state index in [2.05, 4.69) is 35.6 Å². The molecule has 0 radical (unpaired) electrons. The number of thiophene rings is 1. The van der Waals surface area contributed by atoms with Crippen LogP contribution in [0.2, 0.25) is 0 Å². The number of fused-ring (bicyclic) bond motifs is 1. The largest absolute Gasteiger partial charge is 0.277 e. The van der Waals surface area contributed by atoms with Crippen LogP contribution in [0.3, 0.4) is 0 Å². The number of rotatable bonds is 7. The molecule has 0 fully saturated rings. The fourth-order valence-corrected chi connectivity index (χ4v) is 6.41. The summed E-state index contributed by atoms with van der Waals surface area (Å²) in [6.45, 7) is 12.4. The normalized spacial score (nSPS) is 12.3. The minimum absolute atomic E-state index is 0.0281. The Balaban J connectivity index is 1.84. The van der Waals surface area contributed by atoms with Crippen LogP contribution in [0.5, 0.6) is 0 Å². The van der Waals surface area contributed by atoms with Crippen molar-refractivity contribution in [3.63, 3.8) is 0 Å². The maximum atomic E-state index is 13.9. The van der Waals surface area contributed by atoms with Gasteiger partial charge < -0.3 is 0 Å². The quantitative estimate of drug-likeness (QED) is 0.146. The van der Waals surface area contributed by atoms with Crippen molar-refractivity contribution in [3.8, 4) is 11.8 Å². The van der Waals surface area contributed by atoms with Crippen LogP contribution in [0.1, 0.15) is 86.4 Å². The third-order valence-corrected chi connectivity index (χ3v) is 8.60. The summed E-state index contributed by atoms with van der Waals surface area (Å²) in [6.07, 6.45) is 0. The third-order valence-electron chi connectivity index (χ3n) is 6.47. The second kappa shape index (κ2) is 11.6. The number of benzene rings is 3. The molecular weight excluding hydrogens is 508 g/mol. The van der Waals surface area contributed by atoms with Gasteiger partial charge in [0.15, 0.2) is 0 Å². The van der Waals surface area contributed by atoms with E-state index in [0.717, 1.165) is 37.9 Å². The van der Waals surface area contributed by atoms with E-state index in [1.54, 1.807) is 0 Å². The van der Waals surface area contributed by atoms with Gasteiger partial charge in [-0.25, -0.2) is 0 Å². The molecule has 0 unspecified atom stereocenters. The van der Waals surface area contributed by atoms with Crippen LogP contribution >= 0.6 is 11.3 Å². The molecule has 1 heterocycles. The van der Waals surface area contributed by atoms with Gasteiger partial charge in [-0.3, -0.25) is 0 Å². The molecule has 0 bridgehead atoms. The topological polar surface area (TPSA) is 58.5 Å². The summed E-state index contributed by atoms with van der Waals surface area (Å²) in [5.74, 6) is 6.59. The number of nitrogens with one attached hydrogen (secondary N) is 1. The van der Waals surface area contributed by atoms with Crippen molar-refractivity contribution in [2.24, 2.45) is 5.10 Å². The Morgan fingerprint density at radius 1 is 0.816 bits per heavy atom. The Bertz CT molecular complexity index is 1610. The summed E-state index contributed by atoms with van der Waals surface area (Å²) < 4.78 is 27.8. The van der Waals surface area contributed by atoms with Crippen molar-refractivity contribution in [2.75, 3.05) is 0 Å². The summed E-state index contributed by atoms with van der Waals surface area (Å²) >= 11 is 1.53. The molecule has 1 N–H and O–H groups in total. The fourth-order valence-electron chi connectivity index (χ4n) is 4.32. The Kier molecular flexibility index (Phi) is 8.40. The molecule has 0 amide bonds. The molecule has 38 heavy (non-hydrogen) atoms. The van der Waals surface area contributed by atoms with E-state index >= 15 is 0 Å². The molecule has 1 aromatic heterocycles. The number of nitrogens with zero attached hydrogens (tertiary/aromatic N) is 1. The van der Waals surface area contributed by atoms with Gasteiger partial charge in [0, 0.05) is 5.56 Å². The average molecular weight is 543 g/mol.